The van der Waals surface area contributed by atoms with Crippen LogP contribution in [0.3, 0.4) is 0 Å². The minimum absolute atomic E-state index is 0.0454. The highest BCUT2D eigenvalue weighted by atomic mass is 31.2. The van der Waals surface area contributed by atoms with E-state index in [-0.39, 0.29) is 26.2 Å². The van der Waals surface area contributed by atoms with Crippen molar-refractivity contribution < 1.29 is 41.1 Å². The van der Waals surface area contributed by atoms with Gasteiger partial charge in [0.1, 0.15) is 5.78 Å². The monoisotopic (exact) mass is 531 g/mol. The van der Waals surface area contributed by atoms with Crippen LogP contribution in [0.25, 0.3) is 0 Å². The Labute approximate surface area is 209 Å². The zero-order valence-electron chi connectivity index (χ0n) is 20.8. The number of hydrogen-bond acceptors (Lipinski definition) is 6. The molecule has 11 heteroatoms. The molecule has 36 heavy (non-hydrogen) atoms. The van der Waals surface area contributed by atoms with Gasteiger partial charge in [-0.1, -0.05) is 60.7 Å². The molecule has 3 atom stereocenters. The van der Waals surface area contributed by atoms with Crippen molar-refractivity contribution in [2.24, 2.45) is 0 Å². The van der Waals surface area contributed by atoms with Gasteiger partial charge in [-0.05, 0) is 26.3 Å². The van der Waals surface area contributed by atoms with E-state index in [1.54, 1.807) is 20.8 Å². The van der Waals surface area contributed by atoms with Crippen molar-refractivity contribution in [1.82, 2.24) is 5.32 Å². The summed E-state index contributed by atoms with van der Waals surface area (Å²) in [6.45, 7) is 4.92. The van der Waals surface area contributed by atoms with Gasteiger partial charge < -0.3 is 23.8 Å². The van der Waals surface area contributed by atoms with E-state index in [4.69, 9.17) is 18.5 Å². The van der Waals surface area contributed by atoms with Crippen LogP contribution in [0.5, 0.6) is 0 Å². The van der Waals surface area contributed by atoms with Gasteiger partial charge in [-0.25, -0.2) is 0 Å². The normalized spacial score (nSPS) is 15.6. The van der Waals surface area contributed by atoms with Crippen molar-refractivity contribution in [3.05, 3.63) is 71.8 Å². The molecule has 7 nitrogen and oxygen atoms in total. The smallest absolute Gasteiger partial charge is 0.374 e. The third-order valence-electron chi connectivity index (χ3n) is 5.44. The lowest BCUT2D eigenvalue weighted by atomic mass is 9.91. The molecule has 1 N–H and O–H groups in total. The maximum Gasteiger partial charge on any atom is 0.430 e. The number of carbonyl (C=O) groups is 1. The lowest BCUT2D eigenvalue weighted by molar-refractivity contribution is -0.266. The van der Waals surface area contributed by atoms with Crippen molar-refractivity contribution in [3.8, 4) is 0 Å². The minimum atomic E-state index is -5.13. The topological polar surface area (TPSA) is 83.1 Å². The Bertz CT molecular complexity index is 982. The Morgan fingerprint density at radius 3 is 1.97 bits per heavy atom. The van der Waals surface area contributed by atoms with E-state index in [9.17, 15) is 22.5 Å². The molecule has 0 fully saturated rings. The molecular weight excluding hydrogens is 498 g/mol. The number of rotatable bonds is 14. The molecular formula is C25H33F3NO6P. The average Bonchev–Trinajstić information content (AvgIpc) is 2.84. The number of hydrogen-bond donors (Lipinski definition) is 1. The van der Waals surface area contributed by atoms with Crippen LogP contribution in [0.2, 0.25) is 0 Å². The van der Waals surface area contributed by atoms with Crippen LogP contribution >= 0.6 is 7.60 Å². The van der Waals surface area contributed by atoms with Crippen molar-refractivity contribution in [3.63, 3.8) is 0 Å². The first kappa shape index (κ1) is 30.0. The second kappa shape index (κ2) is 13.4. The molecule has 0 heterocycles. The van der Waals surface area contributed by atoms with E-state index in [1.807, 2.05) is 30.3 Å². The number of amides is 1. The van der Waals surface area contributed by atoms with Crippen LogP contribution in [0, 0.1) is 0 Å². The first-order valence-corrected chi connectivity index (χ1v) is 13.2. The summed E-state index contributed by atoms with van der Waals surface area (Å²) in [5.41, 5.74) is -2.89. The molecule has 0 radical (unpaired) electrons. The predicted molar refractivity (Wildman–Crippen MR) is 129 cm³/mol. The van der Waals surface area contributed by atoms with Crippen molar-refractivity contribution in [2.75, 3.05) is 20.3 Å². The minimum Gasteiger partial charge on any atom is -0.374 e. The molecule has 2 aromatic carbocycles. The van der Waals surface area contributed by atoms with Gasteiger partial charge in [-0.3, -0.25) is 9.36 Å². The van der Waals surface area contributed by atoms with Crippen LogP contribution < -0.4 is 5.32 Å². The number of alkyl halides is 3. The third kappa shape index (κ3) is 7.17. The molecule has 200 valence electrons. The summed E-state index contributed by atoms with van der Waals surface area (Å²) >= 11 is 0. The predicted octanol–water partition coefficient (Wildman–Crippen LogP) is 5.79. The Kier molecular flexibility index (Phi) is 11.1. The highest BCUT2D eigenvalue weighted by molar-refractivity contribution is 7.54. The maximum atomic E-state index is 14.4. The van der Waals surface area contributed by atoms with Crippen LogP contribution in [-0.2, 0) is 40.1 Å². The molecule has 0 aliphatic heterocycles. The molecule has 0 spiro atoms. The van der Waals surface area contributed by atoms with E-state index >= 15 is 0 Å². The van der Waals surface area contributed by atoms with Gasteiger partial charge in [-0.2, -0.15) is 13.2 Å². The van der Waals surface area contributed by atoms with E-state index in [1.165, 1.54) is 18.2 Å². The Balaban J connectivity index is 2.39. The SMILES string of the molecule is CCOP(=O)(OCC)[C@H](C[C@@H](C)OCc1ccccc1)NC(=O)[C@](OC)(c1ccccc1)C(F)(F)F. The fourth-order valence-corrected chi connectivity index (χ4v) is 5.70. The number of ether oxygens (including phenoxy) is 2. The molecule has 0 aliphatic carbocycles. The summed E-state index contributed by atoms with van der Waals surface area (Å²) in [5.74, 6) is -2.97. The first-order chi connectivity index (χ1) is 17.0. The largest absolute Gasteiger partial charge is 0.430 e. The van der Waals surface area contributed by atoms with Gasteiger partial charge >= 0.3 is 13.8 Å². The Morgan fingerprint density at radius 1 is 0.972 bits per heavy atom. The molecule has 0 bridgehead atoms. The van der Waals surface area contributed by atoms with E-state index in [0.717, 1.165) is 24.8 Å². The summed E-state index contributed by atoms with van der Waals surface area (Å²) in [6.07, 6.45) is -5.89. The first-order valence-electron chi connectivity index (χ1n) is 11.6. The van der Waals surface area contributed by atoms with E-state index in [2.05, 4.69) is 5.32 Å². The summed E-state index contributed by atoms with van der Waals surface area (Å²) in [5, 5.41) is 2.28. The van der Waals surface area contributed by atoms with Gasteiger partial charge in [0, 0.05) is 19.1 Å². The highest BCUT2D eigenvalue weighted by Gasteiger charge is 2.63. The van der Waals surface area contributed by atoms with Crippen molar-refractivity contribution in [1.29, 1.82) is 0 Å². The fraction of sp³-hybridized carbons (Fsp3) is 0.480. The summed E-state index contributed by atoms with van der Waals surface area (Å²) in [6, 6.07) is 15.8. The third-order valence-corrected chi connectivity index (χ3v) is 7.78. The van der Waals surface area contributed by atoms with Crippen LogP contribution in [0.15, 0.2) is 60.7 Å². The number of carbonyl (C=O) groups excluding carboxylic acids is 1. The van der Waals surface area contributed by atoms with Gasteiger partial charge in [0.05, 0.1) is 25.9 Å². The Hall–Kier alpha value is -2.23. The molecule has 0 aromatic heterocycles. The Morgan fingerprint density at radius 2 is 1.50 bits per heavy atom. The zero-order chi connectivity index (χ0) is 26.8. The standard InChI is InChI=1S/C25H33F3NO6P/c1-5-34-36(31,35-6-2)22(17-19(3)33-18-20-13-9-7-10-14-20)29-23(30)24(32-4,25(26,27)28)21-15-11-8-12-16-21/h7-16,19,22H,5-6,17-18H2,1-4H3,(H,29,30)/t19-,22-,24-/m1/s1. The summed E-state index contributed by atoms with van der Waals surface area (Å²) in [4.78, 5) is 13.3. The van der Waals surface area contributed by atoms with Crippen LogP contribution in [-0.4, -0.2) is 44.3 Å². The van der Waals surface area contributed by atoms with Gasteiger partial charge in [0.25, 0.3) is 11.5 Å². The molecule has 0 saturated carbocycles. The van der Waals surface area contributed by atoms with Gasteiger partial charge in [0.15, 0.2) is 0 Å². The molecule has 0 aliphatic rings. The molecule has 2 rings (SSSR count). The second-order valence-electron chi connectivity index (χ2n) is 7.96. The summed E-state index contributed by atoms with van der Waals surface area (Å²) < 4.78 is 78.2. The fourth-order valence-electron chi connectivity index (χ4n) is 3.71. The van der Waals surface area contributed by atoms with Crippen LogP contribution in [0.4, 0.5) is 13.2 Å². The number of halogens is 3. The molecule has 0 unspecified atom stereocenters. The van der Waals surface area contributed by atoms with Gasteiger partial charge in [-0.15, -0.1) is 0 Å². The maximum absolute atomic E-state index is 14.4. The summed E-state index contributed by atoms with van der Waals surface area (Å²) in [7, 11) is -3.29. The quantitative estimate of drug-likeness (QED) is 0.311. The molecule has 1 amide bonds. The second-order valence-corrected chi connectivity index (χ2v) is 10.2. The highest BCUT2D eigenvalue weighted by Crippen LogP contribution is 2.54. The van der Waals surface area contributed by atoms with Crippen LogP contribution in [0.1, 0.15) is 38.3 Å². The van der Waals surface area contributed by atoms with Crippen molar-refractivity contribution in [2.45, 2.75) is 57.5 Å². The zero-order valence-corrected chi connectivity index (χ0v) is 21.7. The number of methoxy groups -OCH3 is 1. The lowest BCUT2D eigenvalue weighted by Crippen LogP contribution is -2.57. The number of nitrogens with one attached hydrogen (secondary N) is 1. The lowest BCUT2D eigenvalue weighted by Gasteiger charge is -2.36. The average molecular weight is 532 g/mol. The van der Waals surface area contributed by atoms with E-state index < -0.39 is 42.7 Å². The van der Waals surface area contributed by atoms with Gasteiger partial charge in [0.2, 0.25) is 0 Å². The molecule has 0 saturated heterocycles. The number of benzene rings is 2. The van der Waals surface area contributed by atoms with Crippen molar-refractivity contribution >= 4 is 13.5 Å². The molecule has 2 aromatic rings. The van der Waals surface area contributed by atoms with E-state index in [0.29, 0.717) is 0 Å².